The van der Waals surface area contributed by atoms with Crippen molar-refractivity contribution in [3.63, 3.8) is 0 Å². The molecule has 2 aliphatic heterocycles. The van der Waals surface area contributed by atoms with Gasteiger partial charge < -0.3 is 29.6 Å². The Bertz CT molecular complexity index is 1740. The van der Waals surface area contributed by atoms with E-state index in [1.54, 1.807) is 24.3 Å². The number of alkyl halides is 3. The van der Waals surface area contributed by atoms with Gasteiger partial charge >= 0.3 is 6.18 Å². The van der Waals surface area contributed by atoms with Crippen LogP contribution >= 0.6 is 0 Å². The zero-order valence-electron chi connectivity index (χ0n) is 26.8. The van der Waals surface area contributed by atoms with E-state index in [2.05, 4.69) is 32.1 Å². The molecular weight excluding hydrogens is 631 g/mol. The molecule has 3 aromatic rings. The van der Waals surface area contributed by atoms with Crippen molar-refractivity contribution in [2.75, 3.05) is 57.6 Å². The van der Waals surface area contributed by atoms with Crippen LogP contribution < -0.4 is 20.1 Å². The van der Waals surface area contributed by atoms with Gasteiger partial charge in [0.1, 0.15) is 12.3 Å². The fraction of sp³-hybridized carbons (Fsp3) is 0.529. The van der Waals surface area contributed by atoms with E-state index >= 15 is 0 Å². The summed E-state index contributed by atoms with van der Waals surface area (Å²) in [4.78, 5) is 2.69. The van der Waals surface area contributed by atoms with Crippen molar-refractivity contribution in [3.05, 3.63) is 48.2 Å². The molecule has 0 unspecified atom stereocenters. The highest BCUT2D eigenvalue weighted by molar-refractivity contribution is 7.89. The zero-order chi connectivity index (χ0) is 33.2. The average Bonchev–Trinajstić information content (AvgIpc) is 3.39. The Balaban J connectivity index is 1.14. The van der Waals surface area contributed by atoms with Gasteiger partial charge in [0.05, 0.1) is 48.7 Å². The second kappa shape index (κ2) is 13.6. The minimum Gasteiger partial charge on any atom is -0.495 e. The number of rotatable bonds is 9. The third-order valence-electron chi connectivity index (χ3n) is 9.87. The van der Waals surface area contributed by atoms with Gasteiger partial charge in [0.2, 0.25) is 10.0 Å². The van der Waals surface area contributed by atoms with Crippen molar-refractivity contribution in [3.8, 4) is 17.6 Å². The third-order valence-corrected chi connectivity index (χ3v) is 11.3. The first kappa shape index (κ1) is 33.5. The molecule has 3 heterocycles. The van der Waals surface area contributed by atoms with E-state index in [0.717, 1.165) is 57.7 Å². The van der Waals surface area contributed by atoms with E-state index in [9.17, 15) is 21.6 Å². The van der Waals surface area contributed by atoms with Crippen LogP contribution in [0.4, 0.5) is 24.5 Å². The van der Waals surface area contributed by atoms with Gasteiger partial charge in [-0.1, -0.05) is 12.0 Å². The smallest absolute Gasteiger partial charge is 0.406 e. The molecule has 0 atom stereocenters. The summed E-state index contributed by atoms with van der Waals surface area (Å²) < 4.78 is 79.7. The fourth-order valence-electron chi connectivity index (χ4n) is 7.09. The maximum Gasteiger partial charge on any atom is 0.406 e. The highest BCUT2D eigenvalue weighted by Gasteiger charge is 2.42. The number of benzene rings is 2. The maximum absolute atomic E-state index is 13.7. The lowest BCUT2D eigenvalue weighted by molar-refractivity contribution is -0.143. The number of halogens is 3. The van der Waals surface area contributed by atoms with Gasteiger partial charge in [-0.15, -0.1) is 0 Å². The standard InChI is InChI=1S/C34H42F3N5O4S/c1-38-47(43,44)27-12-13-30(32(20-27)45-2)39-16-4-5-26-19-28-29(6-3-7-31(28)42(26)21-34(35,36)37)40-24-8-10-25(11-9-24)41-17-14-33(15-18-41)22-46-23-33/h3,6-7,12-13,19-20,24-25,38-40H,8-11,14-18,21-23H2,1-2H3/t24-,25-. The van der Waals surface area contributed by atoms with Crippen LogP contribution in [0.5, 0.6) is 5.75 Å². The summed E-state index contributed by atoms with van der Waals surface area (Å²) >= 11 is 0. The number of methoxy groups -OCH3 is 1. The molecule has 3 N–H and O–H groups in total. The minimum absolute atomic E-state index is 0.0437. The summed E-state index contributed by atoms with van der Waals surface area (Å²) in [7, 11) is -0.914. The summed E-state index contributed by atoms with van der Waals surface area (Å²) in [6.45, 7) is 3.05. The topological polar surface area (TPSA) is 96.9 Å². The zero-order valence-corrected chi connectivity index (χ0v) is 27.6. The predicted octanol–water partition coefficient (Wildman–Crippen LogP) is 5.42. The Hall–Kier alpha value is -3.44. The second-order valence-corrected chi connectivity index (χ2v) is 14.8. The molecule has 2 aromatic carbocycles. The van der Waals surface area contributed by atoms with Gasteiger partial charge in [-0.05, 0) is 94.9 Å². The van der Waals surface area contributed by atoms with Crippen LogP contribution in [0, 0.1) is 17.3 Å². The van der Waals surface area contributed by atoms with Crippen LogP contribution in [0.2, 0.25) is 0 Å². The van der Waals surface area contributed by atoms with Gasteiger partial charge in [0.25, 0.3) is 0 Å². The Morgan fingerprint density at radius 2 is 1.79 bits per heavy atom. The Labute approximate surface area is 274 Å². The number of nitrogens with zero attached hydrogens (tertiary/aromatic N) is 2. The number of likely N-dealkylation sites (tertiary alicyclic amines) is 1. The number of fused-ring (bicyclic) bond motifs is 1. The number of anilines is 2. The number of hydrogen-bond acceptors (Lipinski definition) is 7. The molecule has 0 bridgehead atoms. The summed E-state index contributed by atoms with van der Waals surface area (Å²) in [5.41, 5.74) is 2.49. The highest BCUT2D eigenvalue weighted by Crippen LogP contribution is 2.40. The lowest BCUT2D eigenvalue weighted by Gasteiger charge is -2.49. The van der Waals surface area contributed by atoms with Crippen LogP contribution in [-0.2, 0) is 21.3 Å². The van der Waals surface area contributed by atoms with Crippen molar-refractivity contribution >= 4 is 32.3 Å². The lowest BCUT2D eigenvalue weighted by atomic mass is 9.76. The first-order valence-electron chi connectivity index (χ1n) is 16.1. The molecule has 0 radical (unpaired) electrons. The van der Waals surface area contributed by atoms with Crippen molar-refractivity contribution in [2.24, 2.45) is 5.41 Å². The minimum atomic E-state index is -4.43. The number of aromatic nitrogens is 1. The fourth-order valence-corrected chi connectivity index (χ4v) is 7.83. The number of nitrogens with one attached hydrogen (secondary N) is 3. The number of ether oxygens (including phenoxy) is 2. The van der Waals surface area contributed by atoms with Gasteiger partial charge in [-0.25, -0.2) is 13.1 Å². The van der Waals surface area contributed by atoms with Gasteiger partial charge in [-0.2, -0.15) is 13.2 Å². The third kappa shape index (κ3) is 7.51. The molecule has 0 amide bonds. The summed E-state index contributed by atoms with van der Waals surface area (Å²) in [6, 6.07) is 12.4. The first-order chi connectivity index (χ1) is 22.5. The molecule has 13 heteroatoms. The molecule has 9 nitrogen and oxygen atoms in total. The monoisotopic (exact) mass is 673 g/mol. The molecule has 3 fully saturated rings. The molecule has 1 aromatic heterocycles. The number of piperidine rings is 1. The van der Waals surface area contributed by atoms with E-state index in [1.165, 1.54) is 43.7 Å². The van der Waals surface area contributed by atoms with Crippen molar-refractivity contribution in [1.82, 2.24) is 14.2 Å². The quantitative estimate of drug-likeness (QED) is 0.261. The largest absolute Gasteiger partial charge is 0.495 e. The van der Waals surface area contributed by atoms with Crippen molar-refractivity contribution < 1.29 is 31.1 Å². The van der Waals surface area contributed by atoms with Crippen LogP contribution in [-0.4, -0.2) is 83.2 Å². The molecule has 6 rings (SSSR count). The SMILES string of the molecule is CNS(=O)(=O)c1ccc(NCC#Cc2cc3c(N[C@H]4CC[C@H](N5CCC6(CC5)COC6)CC4)cccc3n2CC(F)(F)F)c(OC)c1. The van der Waals surface area contributed by atoms with E-state index in [-0.39, 0.29) is 23.2 Å². The first-order valence-corrected chi connectivity index (χ1v) is 17.6. The molecule has 1 spiro atoms. The summed E-state index contributed by atoms with van der Waals surface area (Å²) in [5.74, 6) is 6.15. The van der Waals surface area contributed by atoms with Gasteiger partial charge in [0, 0.05) is 34.6 Å². The predicted molar refractivity (Wildman–Crippen MR) is 176 cm³/mol. The van der Waals surface area contributed by atoms with Crippen LogP contribution in [0.1, 0.15) is 44.2 Å². The normalized spacial score (nSPS) is 21.6. The molecular formula is C34H42F3N5O4S. The molecule has 254 valence electrons. The van der Waals surface area contributed by atoms with Crippen molar-refractivity contribution in [1.29, 1.82) is 0 Å². The molecule has 2 saturated heterocycles. The Morgan fingerprint density at radius 1 is 1.04 bits per heavy atom. The molecule has 3 aliphatic rings. The molecule has 47 heavy (non-hydrogen) atoms. The van der Waals surface area contributed by atoms with Crippen molar-refractivity contribution in [2.45, 2.75) is 68.2 Å². The Morgan fingerprint density at radius 3 is 2.43 bits per heavy atom. The number of hydrogen-bond donors (Lipinski definition) is 3. The molecule has 1 aliphatic carbocycles. The maximum atomic E-state index is 13.7. The summed E-state index contributed by atoms with van der Waals surface area (Å²) in [5, 5.41) is 7.43. The van der Waals surface area contributed by atoms with Gasteiger partial charge in [0.15, 0.2) is 0 Å². The Kier molecular flexibility index (Phi) is 9.67. The lowest BCUT2D eigenvalue weighted by Crippen LogP contribution is -2.53. The van der Waals surface area contributed by atoms with E-state index in [1.807, 2.05) is 6.07 Å². The van der Waals surface area contributed by atoms with Gasteiger partial charge in [-0.3, -0.25) is 0 Å². The molecule has 1 saturated carbocycles. The number of sulfonamides is 1. The van der Waals surface area contributed by atoms with E-state index in [0.29, 0.717) is 33.8 Å². The van der Waals surface area contributed by atoms with E-state index in [4.69, 9.17) is 9.47 Å². The van der Waals surface area contributed by atoms with Crippen LogP contribution in [0.25, 0.3) is 10.9 Å². The second-order valence-electron chi connectivity index (χ2n) is 12.9. The summed E-state index contributed by atoms with van der Waals surface area (Å²) in [6.07, 6.45) is 2.24. The van der Waals surface area contributed by atoms with Crippen LogP contribution in [0.3, 0.4) is 0 Å². The highest BCUT2D eigenvalue weighted by atomic mass is 32.2. The van der Waals surface area contributed by atoms with Crippen LogP contribution in [0.15, 0.2) is 47.4 Å². The average molecular weight is 674 g/mol. The van der Waals surface area contributed by atoms with E-state index < -0.39 is 22.7 Å².